The molecule has 0 bridgehead atoms. The molecule has 124 valence electrons. The van der Waals surface area contributed by atoms with Gasteiger partial charge >= 0.3 is 0 Å². The van der Waals surface area contributed by atoms with Gasteiger partial charge in [-0.3, -0.25) is 9.69 Å². The van der Waals surface area contributed by atoms with E-state index in [1.54, 1.807) is 0 Å². The van der Waals surface area contributed by atoms with E-state index in [1.165, 1.54) is 25.8 Å². The summed E-state index contributed by atoms with van der Waals surface area (Å²) in [6.45, 7) is 3.85. The summed E-state index contributed by atoms with van der Waals surface area (Å²) in [4.78, 5) is 17.0. The van der Waals surface area contributed by atoms with Gasteiger partial charge < -0.3 is 10.6 Å². The highest BCUT2D eigenvalue weighted by Crippen LogP contribution is 2.23. The molecule has 1 amide bonds. The first-order chi connectivity index (χ1) is 9.75. The minimum atomic E-state index is -0.522. The van der Waals surface area contributed by atoms with E-state index in [0.29, 0.717) is 6.04 Å². The van der Waals surface area contributed by atoms with Crippen molar-refractivity contribution in [3.8, 4) is 0 Å². The van der Waals surface area contributed by atoms with E-state index in [4.69, 9.17) is 5.73 Å². The van der Waals surface area contributed by atoms with Gasteiger partial charge in [0.05, 0.1) is 0 Å². The van der Waals surface area contributed by atoms with E-state index in [-0.39, 0.29) is 30.7 Å². The number of nitrogens with zero attached hydrogens (tertiary/aromatic N) is 2. The van der Waals surface area contributed by atoms with Gasteiger partial charge in [0.15, 0.2) is 0 Å². The van der Waals surface area contributed by atoms with Gasteiger partial charge in [0.2, 0.25) is 5.91 Å². The predicted octanol–water partition coefficient (Wildman–Crippen LogP) is 2.23. The second-order valence-electron chi connectivity index (χ2n) is 5.86. The van der Waals surface area contributed by atoms with Crippen molar-refractivity contribution < 1.29 is 4.79 Å². The topological polar surface area (TPSA) is 49.6 Å². The van der Waals surface area contributed by atoms with Crippen molar-refractivity contribution in [1.29, 1.82) is 0 Å². The maximum atomic E-state index is 12.6. The molecule has 0 radical (unpaired) electrons. The molecule has 4 nitrogen and oxygen atoms in total. The SMILES string of the molecule is Cl.Cl.NC(C(=O)N1CCN2CCCCC2C1)c1ccccc1. The molecule has 2 saturated heterocycles. The van der Waals surface area contributed by atoms with E-state index in [0.717, 1.165) is 25.2 Å². The van der Waals surface area contributed by atoms with Crippen molar-refractivity contribution in [2.75, 3.05) is 26.2 Å². The fourth-order valence-corrected chi connectivity index (χ4v) is 3.36. The standard InChI is InChI=1S/C16H23N3O.2ClH/c17-15(13-6-2-1-3-7-13)16(20)19-11-10-18-9-5-4-8-14(18)12-19;;/h1-3,6-7,14-15H,4-5,8-12,17H2;2*1H. The molecule has 1 aromatic carbocycles. The summed E-state index contributed by atoms with van der Waals surface area (Å²) in [6, 6.07) is 9.69. The van der Waals surface area contributed by atoms with Crippen molar-refractivity contribution in [3.05, 3.63) is 35.9 Å². The molecule has 2 atom stereocenters. The summed E-state index contributed by atoms with van der Waals surface area (Å²) >= 11 is 0. The van der Waals surface area contributed by atoms with Crippen molar-refractivity contribution in [2.24, 2.45) is 5.73 Å². The highest BCUT2D eigenvalue weighted by molar-refractivity contribution is 5.85. The van der Waals surface area contributed by atoms with Crippen LogP contribution in [0, 0.1) is 0 Å². The van der Waals surface area contributed by atoms with Gasteiger partial charge in [0.1, 0.15) is 6.04 Å². The number of fused-ring (bicyclic) bond motifs is 1. The van der Waals surface area contributed by atoms with E-state index in [9.17, 15) is 4.79 Å². The quantitative estimate of drug-likeness (QED) is 0.893. The van der Waals surface area contributed by atoms with E-state index in [2.05, 4.69) is 4.90 Å². The van der Waals surface area contributed by atoms with Crippen LogP contribution in [0.4, 0.5) is 0 Å². The molecule has 2 unspecified atom stereocenters. The molecular formula is C16H25Cl2N3O. The number of nitrogens with two attached hydrogens (primary N) is 1. The number of piperidine rings is 1. The fraction of sp³-hybridized carbons (Fsp3) is 0.562. The maximum Gasteiger partial charge on any atom is 0.244 e. The second kappa shape index (κ2) is 8.73. The van der Waals surface area contributed by atoms with Gasteiger partial charge in [-0.25, -0.2) is 0 Å². The molecule has 6 heteroatoms. The number of piperazine rings is 1. The van der Waals surface area contributed by atoms with Crippen molar-refractivity contribution in [2.45, 2.75) is 31.3 Å². The summed E-state index contributed by atoms with van der Waals surface area (Å²) in [5.74, 6) is 0.0708. The molecule has 3 rings (SSSR count). The minimum Gasteiger partial charge on any atom is -0.338 e. The first-order valence-electron chi connectivity index (χ1n) is 7.59. The highest BCUT2D eigenvalue weighted by Gasteiger charge is 2.32. The van der Waals surface area contributed by atoms with E-state index in [1.807, 2.05) is 35.2 Å². The molecule has 0 spiro atoms. The number of hydrogen-bond donors (Lipinski definition) is 1. The first-order valence-corrected chi connectivity index (χ1v) is 7.59. The van der Waals surface area contributed by atoms with Crippen molar-refractivity contribution in [3.63, 3.8) is 0 Å². The molecule has 2 aliphatic heterocycles. The zero-order valence-electron chi connectivity index (χ0n) is 12.7. The Hall–Kier alpha value is -0.810. The predicted molar refractivity (Wildman–Crippen MR) is 93.7 cm³/mol. The van der Waals surface area contributed by atoms with Crippen LogP contribution in [0.2, 0.25) is 0 Å². The van der Waals surface area contributed by atoms with Crippen LogP contribution in [0.1, 0.15) is 30.9 Å². The first kappa shape index (κ1) is 19.2. The normalized spacial score (nSPS) is 22.8. The van der Waals surface area contributed by atoms with Gasteiger partial charge in [-0.1, -0.05) is 36.8 Å². The Morgan fingerprint density at radius 1 is 1.09 bits per heavy atom. The number of carbonyl (C=O) groups excluding carboxylic acids is 1. The zero-order chi connectivity index (χ0) is 13.9. The van der Waals surface area contributed by atoms with Gasteiger partial charge in [-0.05, 0) is 24.9 Å². The minimum absolute atomic E-state index is 0. The molecule has 0 saturated carbocycles. The van der Waals surface area contributed by atoms with Crippen LogP contribution in [-0.2, 0) is 4.79 Å². The summed E-state index contributed by atoms with van der Waals surface area (Å²) in [6.07, 6.45) is 3.80. The Balaban J connectivity index is 0.00000121. The summed E-state index contributed by atoms with van der Waals surface area (Å²) < 4.78 is 0. The van der Waals surface area contributed by atoms with Crippen LogP contribution < -0.4 is 5.73 Å². The molecule has 2 fully saturated rings. The fourth-order valence-electron chi connectivity index (χ4n) is 3.36. The number of halogens is 2. The van der Waals surface area contributed by atoms with Crippen LogP contribution in [0.3, 0.4) is 0 Å². The number of carbonyl (C=O) groups is 1. The third-order valence-electron chi connectivity index (χ3n) is 4.57. The molecule has 22 heavy (non-hydrogen) atoms. The Bertz CT molecular complexity index is 472. The van der Waals surface area contributed by atoms with Crippen LogP contribution in [0.5, 0.6) is 0 Å². The van der Waals surface area contributed by atoms with Crippen molar-refractivity contribution in [1.82, 2.24) is 9.80 Å². The average Bonchev–Trinajstić information content (AvgIpc) is 2.54. The number of hydrogen-bond acceptors (Lipinski definition) is 3. The second-order valence-corrected chi connectivity index (χ2v) is 5.86. The van der Waals surface area contributed by atoms with Gasteiger partial charge in [-0.2, -0.15) is 0 Å². The lowest BCUT2D eigenvalue weighted by atomic mass is 9.98. The lowest BCUT2D eigenvalue weighted by Gasteiger charge is -2.44. The van der Waals surface area contributed by atoms with E-state index < -0.39 is 6.04 Å². The van der Waals surface area contributed by atoms with Gasteiger partial charge in [0.25, 0.3) is 0 Å². The molecule has 2 N–H and O–H groups in total. The third kappa shape index (κ3) is 4.13. The highest BCUT2D eigenvalue weighted by atomic mass is 35.5. The molecule has 0 aliphatic carbocycles. The lowest BCUT2D eigenvalue weighted by molar-refractivity contribution is -0.136. The summed E-state index contributed by atoms with van der Waals surface area (Å²) in [7, 11) is 0. The molecule has 2 heterocycles. The summed E-state index contributed by atoms with van der Waals surface area (Å²) in [5, 5.41) is 0. The maximum absolute atomic E-state index is 12.6. The monoisotopic (exact) mass is 345 g/mol. The molecule has 0 aromatic heterocycles. The van der Waals surface area contributed by atoms with Crippen LogP contribution >= 0.6 is 24.8 Å². The summed E-state index contributed by atoms with van der Waals surface area (Å²) in [5.41, 5.74) is 7.04. The van der Waals surface area contributed by atoms with E-state index >= 15 is 0 Å². The number of rotatable bonds is 2. The number of benzene rings is 1. The smallest absolute Gasteiger partial charge is 0.244 e. The average molecular weight is 346 g/mol. The Morgan fingerprint density at radius 3 is 2.55 bits per heavy atom. The Morgan fingerprint density at radius 2 is 1.82 bits per heavy atom. The third-order valence-corrected chi connectivity index (χ3v) is 4.57. The van der Waals surface area contributed by atoms with Crippen LogP contribution in [-0.4, -0.2) is 47.9 Å². The van der Waals surface area contributed by atoms with Crippen molar-refractivity contribution >= 4 is 30.7 Å². The Labute approximate surface area is 144 Å². The molecule has 1 aromatic rings. The van der Waals surface area contributed by atoms with Gasteiger partial charge in [0, 0.05) is 25.7 Å². The van der Waals surface area contributed by atoms with Crippen LogP contribution in [0.25, 0.3) is 0 Å². The van der Waals surface area contributed by atoms with Gasteiger partial charge in [-0.15, -0.1) is 24.8 Å². The molecule has 2 aliphatic rings. The van der Waals surface area contributed by atoms with Crippen LogP contribution in [0.15, 0.2) is 30.3 Å². The zero-order valence-corrected chi connectivity index (χ0v) is 14.3. The largest absolute Gasteiger partial charge is 0.338 e. The Kier molecular flexibility index (Phi) is 7.63. The molecular weight excluding hydrogens is 321 g/mol. The lowest BCUT2D eigenvalue weighted by Crippen LogP contribution is -2.57. The number of amides is 1.